The molecule has 0 unspecified atom stereocenters. The fraction of sp³-hybridized carbons (Fsp3) is 0.500. The van der Waals surface area contributed by atoms with Crippen LogP contribution in [-0.4, -0.2) is 71.1 Å². The Morgan fingerprint density at radius 3 is 1.88 bits per heavy atom. The van der Waals surface area contributed by atoms with Crippen LogP contribution in [0.25, 0.3) is 0 Å². The number of rotatable bonds is 14. The van der Waals surface area contributed by atoms with Crippen molar-refractivity contribution < 1.29 is 38.1 Å². The van der Waals surface area contributed by atoms with Gasteiger partial charge in [-0.1, -0.05) is 30.3 Å². The molecule has 0 aliphatic heterocycles. The molecule has 0 radical (unpaired) electrons. The zero-order chi connectivity index (χ0) is 19.0. The Balaban J connectivity index is 1.91. The first kappa shape index (κ1) is 21.8. The standard InChI is InChI=1S/C18H24O8/c1-22-16(19)7-8-23-9-10-24-11-12-25-13-14-26-18(21)17(20)15-5-3-2-4-6-15/h2-6H,7-14H2,1H3. The van der Waals surface area contributed by atoms with Gasteiger partial charge in [0, 0.05) is 5.56 Å². The molecule has 0 N–H and O–H groups in total. The maximum atomic E-state index is 11.7. The van der Waals surface area contributed by atoms with Crippen LogP contribution >= 0.6 is 0 Å². The van der Waals surface area contributed by atoms with Crippen LogP contribution in [0.15, 0.2) is 30.3 Å². The first-order valence-corrected chi connectivity index (χ1v) is 8.21. The zero-order valence-corrected chi connectivity index (χ0v) is 14.8. The third-order valence-corrected chi connectivity index (χ3v) is 3.10. The number of hydrogen-bond donors (Lipinski definition) is 0. The number of hydrogen-bond acceptors (Lipinski definition) is 8. The van der Waals surface area contributed by atoms with Crippen LogP contribution in [0.1, 0.15) is 16.8 Å². The molecule has 0 bridgehead atoms. The maximum Gasteiger partial charge on any atom is 0.379 e. The average molecular weight is 368 g/mol. The number of carbonyl (C=O) groups excluding carboxylic acids is 3. The van der Waals surface area contributed by atoms with E-state index in [2.05, 4.69) is 4.74 Å². The normalized spacial score (nSPS) is 10.3. The third-order valence-electron chi connectivity index (χ3n) is 3.10. The summed E-state index contributed by atoms with van der Waals surface area (Å²) < 4.78 is 25.0. The van der Waals surface area contributed by atoms with E-state index in [-0.39, 0.29) is 25.6 Å². The Labute approximate surface area is 152 Å². The van der Waals surface area contributed by atoms with E-state index in [1.54, 1.807) is 30.3 Å². The number of ketones is 1. The quantitative estimate of drug-likeness (QED) is 0.208. The Morgan fingerprint density at radius 2 is 1.31 bits per heavy atom. The molecular formula is C18H24O8. The number of methoxy groups -OCH3 is 1. The molecule has 0 fully saturated rings. The summed E-state index contributed by atoms with van der Waals surface area (Å²) in [4.78, 5) is 34.1. The second-order valence-electron chi connectivity index (χ2n) is 4.99. The van der Waals surface area contributed by atoms with Gasteiger partial charge in [0.2, 0.25) is 0 Å². The highest BCUT2D eigenvalue weighted by molar-refractivity contribution is 6.40. The smallest absolute Gasteiger partial charge is 0.379 e. The molecule has 26 heavy (non-hydrogen) atoms. The minimum atomic E-state index is -0.903. The molecule has 0 atom stereocenters. The SMILES string of the molecule is COC(=O)CCOCCOCCOCCOC(=O)C(=O)c1ccccc1. The lowest BCUT2D eigenvalue weighted by molar-refractivity contribution is -0.142. The van der Waals surface area contributed by atoms with Crippen molar-refractivity contribution in [1.29, 1.82) is 0 Å². The summed E-state index contributed by atoms with van der Waals surface area (Å²) in [6.45, 7) is 1.89. The van der Waals surface area contributed by atoms with Crippen molar-refractivity contribution in [3.63, 3.8) is 0 Å². The van der Waals surface area contributed by atoms with Gasteiger partial charge in [-0.2, -0.15) is 0 Å². The lowest BCUT2D eigenvalue weighted by Gasteiger charge is -2.07. The van der Waals surface area contributed by atoms with E-state index in [1.807, 2.05) is 0 Å². The largest absolute Gasteiger partial charge is 0.469 e. The molecule has 0 heterocycles. The van der Waals surface area contributed by atoms with Gasteiger partial charge >= 0.3 is 11.9 Å². The molecule has 0 amide bonds. The lowest BCUT2D eigenvalue weighted by atomic mass is 10.1. The van der Waals surface area contributed by atoms with Crippen molar-refractivity contribution in [3.8, 4) is 0 Å². The summed E-state index contributed by atoms with van der Waals surface area (Å²) in [6, 6.07) is 8.21. The number of benzene rings is 1. The Bertz CT molecular complexity index is 543. The second-order valence-corrected chi connectivity index (χ2v) is 4.99. The van der Waals surface area contributed by atoms with Gasteiger partial charge in [-0.25, -0.2) is 4.79 Å². The van der Waals surface area contributed by atoms with Crippen molar-refractivity contribution in [2.45, 2.75) is 6.42 Å². The highest BCUT2D eigenvalue weighted by atomic mass is 16.6. The fourth-order valence-corrected chi connectivity index (χ4v) is 1.77. The molecule has 0 spiro atoms. The third kappa shape index (κ3) is 9.87. The van der Waals surface area contributed by atoms with E-state index in [0.717, 1.165) is 0 Å². The Morgan fingerprint density at radius 1 is 0.769 bits per heavy atom. The van der Waals surface area contributed by atoms with Crippen molar-refractivity contribution in [1.82, 2.24) is 0 Å². The van der Waals surface area contributed by atoms with Crippen molar-refractivity contribution in [3.05, 3.63) is 35.9 Å². The highest BCUT2D eigenvalue weighted by Crippen LogP contribution is 2.01. The van der Waals surface area contributed by atoms with E-state index in [1.165, 1.54) is 7.11 Å². The number of ether oxygens (including phenoxy) is 5. The maximum absolute atomic E-state index is 11.7. The van der Waals surface area contributed by atoms with Crippen LogP contribution in [0.5, 0.6) is 0 Å². The topological polar surface area (TPSA) is 97.4 Å². The summed E-state index contributed by atoms with van der Waals surface area (Å²) in [6.07, 6.45) is 0.213. The Hall–Kier alpha value is -2.29. The molecule has 1 aromatic carbocycles. The minimum Gasteiger partial charge on any atom is -0.469 e. The van der Waals surface area contributed by atoms with E-state index in [0.29, 0.717) is 38.6 Å². The predicted octanol–water partition coefficient (Wildman–Crippen LogP) is 1.03. The summed E-state index contributed by atoms with van der Waals surface area (Å²) >= 11 is 0. The van der Waals surface area contributed by atoms with Gasteiger partial charge in [-0.3, -0.25) is 9.59 Å². The van der Waals surface area contributed by atoms with Gasteiger partial charge in [0.05, 0.1) is 53.2 Å². The second kappa shape index (κ2) is 13.9. The van der Waals surface area contributed by atoms with E-state index < -0.39 is 11.8 Å². The molecule has 144 valence electrons. The molecule has 1 aromatic rings. The lowest BCUT2D eigenvalue weighted by Crippen LogP contribution is -2.20. The number of Topliss-reactive ketones (excluding diaryl/α,β-unsaturated/α-hetero) is 1. The van der Waals surface area contributed by atoms with Crippen LogP contribution in [0, 0.1) is 0 Å². The Kier molecular flexibility index (Phi) is 11.7. The summed E-state index contributed by atoms with van der Waals surface area (Å²) in [5.74, 6) is -1.90. The van der Waals surface area contributed by atoms with Gasteiger partial charge in [-0.05, 0) is 0 Å². The monoisotopic (exact) mass is 368 g/mol. The molecule has 0 saturated heterocycles. The predicted molar refractivity (Wildman–Crippen MR) is 90.8 cm³/mol. The van der Waals surface area contributed by atoms with Crippen LogP contribution in [-0.2, 0) is 33.3 Å². The molecule has 0 saturated carbocycles. The highest BCUT2D eigenvalue weighted by Gasteiger charge is 2.16. The summed E-state index contributed by atoms with van der Waals surface area (Å²) in [5.41, 5.74) is 0.292. The van der Waals surface area contributed by atoms with Crippen LogP contribution in [0.3, 0.4) is 0 Å². The first-order valence-electron chi connectivity index (χ1n) is 8.21. The zero-order valence-electron chi connectivity index (χ0n) is 14.8. The van der Waals surface area contributed by atoms with Crippen LogP contribution in [0.2, 0.25) is 0 Å². The molecule has 8 nitrogen and oxygen atoms in total. The molecule has 0 aliphatic rings. The van der Waals surface area contributed by atoms with Gasteiger partial charge in [0.1, 0.15) is 6.61 Å². The van der Waals surface area contributed by atoms with E-state index in [9.17, 15) is 14.4 Å². The molecule has 1 rings (SSSR count). The molecule has 0 aliphatic carbocycles. The van der Waals surface area contributed by atoms with Gasteiger partial charge < -0.3 is 23.7 Å². The van der Waals surface area contributed by atoms with Crippen LogP contribution < -0.4 is 0 Å². The minimum absolute atomic E-state index is 0.00591. The molecule has 8 heteroatoms. The van der Waals surface area contributed by atoms with Gasteiger partial charge in [-0.15, -0.1) is 0 Å². The summed E-state index contributed by atoms with van der Waals surface area (Å²) in [7, 11) is 1.33. The average Bonchev–Trinajstić information content (AvgIpc) is 2.68. The van der Waals surface area contributed by atoms with Crippen molar-refractivity contribution in [2.75, 3.05) is 53.4 Å². The van der Waals surface area contributed by atoms with Crippen LogP contribution in [0.4, 0.5) is 0 Å². The first-order chi connectivity index (χ1) is 12.6. The van der Waals surface area contributed by atoms with Crippen molar-refractivity contribution >= 4 is 17.7 Å². The number of carbonyl (C=O) groups is 3. The molecule has 0 aromatic heterocycles. The molecular weight excluding hydrogens is 344 g/mol. The van der Waals surface area contributed by atoms with Gasteiger partial charge in [0.15, 0.2) is 0 Å². The fourth-order valence-electron chi connectivity index (χ4n) is 1.77. The van der Waals surface area contributed by atoms with E-state index >= 15 is 0 Å². The van der Waals surface area contributed by atoms with Gasteiger partial charge in [0.25, 0.3) is 5.78 Å². The van der Waals surface area contributed by atoms with Crippen molar-refractivity contribution in [2.24, 2.45) is 0 Å². The van der Waals surface area contributed by atoms with E-state index in [4.69, 9.17) is 18.9 Å². The number of esters is 2. The summed E-state index contributed by atoms with van der Waals surface area (Å²) in [5, 5.41) is 0.